The Kier molecular flexibility index (Phi) is 5.08. The van der Waals surface area contributed by atoms with Crippen LogP contribution in [-0.4, -0.2) is 53.3 Å². The van der Waals surface area contributed by atoms with Gasteiger partial charge in [-0.2, -0.15) is 0 Å². The summed E-state index contributed by atoms with van der Waals surface area (Å²) >= 11 is 0. The molecule has 6 heteroatoms. The fourth-order valence-corrected chi connectivity index (χ4v) is 3.56. The Morgan fingerprint density at radius 1 is 1.33 bits per heavy atom. The van der Waals surface area contributed by atoms with E-state index in [0.29, 0.717) is 6.61 Å². The zero-order valence-corrected chi connectivity index (χ0v) is 12.9. The highest BCUT2D eigenvalue weighted by Gasteiger charge is 2.38. The van der Waals surface area contributed by atoms with E-state index < -0.39 is 11.5 Å². The molecule has 2 unspecified atom stereocenters. The van der Waals surface area contributed by atoms with E-state index in [1.807, 2.05) is 6.92 Å². The summed E-state index contributed by atoms with van der Waals surface area (Å²) in [5.41, 5.74) is -0.585. The molecule has 120 valence electrons. The second kappa shape index (κ2) is 6.64. The molecule has 2 N–H and O–H groups in total. The maximum Gasteiger partial charge on any atom is 0.317 e. The van der Waals surface area contributed by atoms with E-state index in [1.54, 1.807) is 11.9 Å². The van der Waals surface area contributed by atoms with Gasteiger partial charge in [0.05, 0.1) is 24.1 Å². The van der Waals surface area contributed by atoms with Gasteiger partial charge in [-0.25, -0.2) is 4.79 Å². The molecule has 0 spiro atoms. The number of carboxylic acids is 1. The van der Waals surface area contributed by atoms with Gasteiger partial charge in [-0.1, -0.05) is 19.3 Å². The Morgan fingerprint density at radius 3 is 2.52 bits per heavy atom. The predicted molar refractivity (Wildman–Crippen MR) is 78.2 cm³/mol. The number of ether oxygens (including phenoxy) is 1. The molecule has 1 saturated heterocycles. The normalized spacial score (nSPS) is 28.1. The number of rotatable bonds is 4. The molecule has 0 radical (unpaired) electrons. The molecule has 1 heterocycles. The Balaban J connectivity index is 2.01. The fourth-order valence-electron chi connectivity index (χ4n) is 3.56. The summed E-state index contributed by atoms with van der Waals surface area (Å²) in [6, 6.07) is -0.115. The van der Waals surface area contributed by atoms with E-state index in [-0.39, 0.29) is 24.6 Å². The maximum absolute atomic E-state index is 12.5. The number of carbonyl (C=O) groups excluding carboxylic acids is 1. The van der Waals surface area contributed by atoms with Crippen LogP contribution in [0.5, 0.6) is 0 Å². The van der Waals surface area contributed by atoms with Crippen molar-refractivity contribution in [2.75, 3.05) is 13.7 Å². The second-order valence-corrected chi connectivity index (χ2v) is 6.38. The number of urea groups is 1. The number of nitrogens with one attached hydrogen (secondary N) is 1. The maximum atomic E-state index is 12.5. The monoisotopic (exact) mass is 298 g/mol. The zero-order valence-electron chi connectivity index (χ0n) is 12.9. The molecular weight excluding hydrogens is 272 g/mol. The van der Waals surface area contributed by atoms with Gasteiger partial charge in [0.2, 0.25) is 0 Å². The minimum Gasteiger partial charge on any atom is -0.481 e. The molecule has 0 bridgehead atoms. The number of carbonyl (C=O) groups is 2. The highest BCUT2D eigenvalue weighted by Crippen LogP contribution is 2.31. The quantitative estimate of drug-likeness (QED) is 0.832. The van der Waals surface area contributed by atoms with Crippen molar-refractivity contribution >= 4 is 12.0 Å². The van der Waals surface area contributed by atoms with Crippen LogP contribution in [0, 0.1) is 0 Å². The number of carboxylic acid groups (broad SMARTS) is 1. The van der Waals surface area contributed by atoms with E-state index >= 15 is 0 Å². The van der Waals surface area contributed by atoms with Gasteiger partial charge in [0.25, 0.3) is 0 Å². The number of likely N-dealkylation sites (N-methyl/N-ethyl adjacent to an activating group) is 1. The molecule has 6 nitrogen and oxygen atoms in total. The molecule has 2 atom stereocenters. The molecule has 2 fully saturated rings. The van der Waals surface area contributed by atoms with E-state index in [1.165, 1.54) is 0 Å². The predicted octanol–water partition coefficient (Wildman–Crippen LogP) is 1.98. The average molecular weight is 298 g/mol. The Morgan fingerprint density at radius 2 is 2.00 bits per heavy atom. The summed E-state index contributed by atoms with van der Waals surface area (Å²) in [6.45, 7) is 2.64. The van der Waals surface area contributed by atoms with Crippen molar-refractivity contribution in [3.63, 3.8) is 0 Å². The molecule has 1 aliphatic carbocycles. The fraction of sp³-hybridized carbons (Fsp3) is 0.867. The molecule has 2 aliphatic rings. The topological polar surface area (TPSA) is 78.9 Å². The van der Waals surface area contributed by atoms with Gasteiger partial charge in [-0.15, -0.1) is 0 Å². The van der Waals surface area contributed by atoms with Crippen LogP contribution in [0.4, 0.5) is 4.79 Å². The third kappa shape index (κ3) is 3.87. The van der Waals surface area contributed by atoms with Crippen molar-refractivity contribution in [2.24, 2.45) is 0 Å². The molecular formula is C15H26N2O4. The van der Waals surface area contributed by atoms with Crippen LogP contribution in [0.15, 0.2) is 0 Å². The molecule has 0 aromatic carbocycles. The lowest BCUT2D eigenvalue weighted by Gasteiger charge is -2.39. The van der Waals surface area contributed by atoms with Crippen molar-refractivity contribution < 1.29 is 19.4 Å². The van der Waals surface area contributed by atoms with Crippen LogP contribution in [-0.2, 0) is 9.53 Å². The average Bonchev–Trinajstić information content (AvgIpc) is 2.84. The van der Waals surface area contributed by atoms with Gasteiger partial charge in [-0.05, 0) is 26.2 Å². The first kappa shape index (κ1) is 16.1. The minimum absolute atomic E-state index is 0.00327. The molecule has 1 saturated carbocycles. The van der Waals surface area contributed by atoms with E-state index in [4.69, 9.17) is 9.84 Å². The Bertz CT molecular complexity index is 393. The van der Waals surface area contributed by atoms with E-state index in [0.717, 1.165) is 38.5 Å². The van der Waals surface area contributed by atoms with Gasteiger partial charge in [0, 0.05) is 13.7 Å². The molecule has 21 heavy (non-hydrogen) atoms. The SMILES string of the molecule is CC1OCCC1N(C)C(=O)NC1(CC(=O)O)CCCCC1. The molecule has 0 aromatic rings. The van der Waals surface area contributed by atoms with E-state index in [9.17, 15) is 9.59 Å². The third-order valence-corrected chi connectivity index (χ3v) is 4.83. The first-order valence-electron chi connectivity index (χ1n) is 7.82. The molecule has 1 aliphatic heterocycles. The van der Waals surface area contributed by atoms with Crippen LogP contribution in [0.1, 0.15) is 51.9 Å². The summed E-state index contributed by atoms with van der Waals surface area (Å²) in [5, 5.41) is 12.2. The van der Waals surface area contributed by atoms with Gasteiger partial charge in [0.15, 0.2) is 0 Å². The highest BCUT2D eigenvalue weighted by molar-refractivity contribution is 5.77. The first-order chi connectivity index (χ1) is 9.93. The largest absolute Gasteiger partial charge is 0.481 e. The van der Waals surface area contributed by atoms with Crippen LogP contribution < -0.4 is 5.32 Å². The van der Waals surface area contributed by atoms with Crippen LogP contribution in [0.3, 0.4) is 0 Å². The number of aliphatic carboxylic acids is 1. The summed E-state index contributed by atoms with van der Waals surface area (Å²) in [6.07, 6.45) is 5.41. The lowest BCUT2D eigenvalue weighted by Crippen LogP contribution is -2.56. The third-order valence-electron chi connectivity index (χ3n) is 4.83. The Labute approximate surface area is 125 Å². The summed E-state index contributed by atoms with van der Waals surface area (Å²) in [4.78, 5) is 25.3. The van der Waals surface area contributed by atoms with Gasteiger partial charge < -0.3 is 20.1 Å². The number of amides is 2. The van der Waals surface area contributed by atoms with Crippen LogP contribution in [0.2, 0.25) is 0 Å². The van der Waals surface area contributed by atoms with Crippen molar-refractivity contribution in [2.45, 2.75) is 69.6 Å². The lowest BCUT2D eigenvalue weighted by molar-refractivity contribution is -0.139. The summed E-state index contributed by atoms with van der Waals surface area (Å²) < 4.78 is 5.50. The van der Waals surface area contributed by atoms with Gasteiger partial charge in [0.1, 0.15) is 0 Å². The van der Waals surface area contributed by atoms with Crippen molar-refractivity contribution in [1.29, 1.82) is 0 Å². The minimum atomic E-state index is -0.850. The number of hydrogen-bond donors (Lipinski definition) is 2. The van der Waals surface area contributed by atoms with Gasteiger partial charge >= 0.3 is 12.0 Å². The Hall–Kier alpha value is -1.30. The van der Waals surface area contributed by atoms with Crippen molar-refractivity contribution in [1.82, 2.24) is 10.2 Å². The summed E-state index contributed by atoms with van der Waals surface area (Å²) in [5.74, 6) is -0.850. The van der Waals surface area contributed by atoms with Crippen LogP contribution in [0.25, 0.3) is 0 Å². The zero-order chi connectivity index (χ0) is 15.5. The second-order valence-electron chi connectivity index (χ2n) is 6.38. The number of nitrogens with zero attached hydrogens (tertiary/aromatic N) is 1. The molecule has 2 rings (SSSR count). The summed E-state index contributed by atoms with van der Waals surface area (Å²) in [7, 11) is 1.77. The first-order valence-corrected chi connectivity index (χ1v) is 7.82. The molecule has 2 amide bonds. The molecule has 0 aromatic heterocycles. The van der Waals surface area contributed by atoms with Crippen molar-refractivity contribution in [3.05, 3.63) is 0 Å². The standard InChI is InChI=1S/C15H26N2O4/c1-11-12(6-9-21-11)17(2)14(20)16-15(10-13(18)19)7-4-3-5-8-15/h11-12H,3-10H2,1-2H3,(H,16,20)(H,18,19). The van der Waals surface area contributed by atoms with Crippen molar-refractivity contribution in [3.8, 4) is 0 Å². The van der Waals surface area contributed by atoms with Crippen LogP contribution >= 0.6 is 0 Å². The highest BCUT2D eigenvalue weighted by atomic mass is 16.5. The smallest absolute Gasteiger partial charge is 0.317 e. The van der Waals surface area contributed by atoms with E-state index in [2.05, 4.69) is 5.32 Å². The number of hydrogen-bond acceptors (Lipinski definition) is 3. The van der Waals surface area contributed by atoms with Gasteiger partial charge in [-0.3, -0.25) is 4.79 Å². The lowest BCUT2D eigenvalue weighted by atomic mass is 9.79.